The van der Waals surface area contributed by atoms with Crippen LogP contribution in [-0.4, -0.2) is 29.6 Å². The standard InChI is InChI=1S/C17H21FN4/c18-15-7-3-2-6-14(15)8-10-19-16-9-11-20-17(21-16)22-12-4-1-5-13-22/h2-3,6-7,9,11H,1,4-5,8,10,12-13H2,(H,19,20,21). The van der Waals surface area contributed by atoms with Crippen molar-refractivity contribution in [3.63, 3.8) is 0 Å². The van der Waals surface area contributed by atoms with Gasteiger partial charge in [0.05, 0.1) is 0 Å². The second-order valence-corrected chi connectivity index (χ2v) is 5.56. The zero-order valence-electron chi connectivity index (χ0n) is 12.6. The third-order valence-electron chi connectivity index (χ3n) is 3.94. The molecule has 2 heterocycles. The molecule has 1 aliphatic heterocycles. The normalized spacial score (nSPS) is 14.9. The average molecular weight is 300 g/mol. The minimum atomic E-state index is -0.152. The highest BCUT2D eigenvalue weighted by atomic mass is 19.1. The average Bonchev–Trinajstić information content (AvgIpc) is 2.58. The van der Waals surface area contributed by atoms with E-state index >= 15 is 0 Å². The molecular formula is C17H21FN4. The molecule has 1 N–H and O–H groups in total. The van der Waals surface area contributed by atoms with Crippen LogP contribution < -0.4 is 10.2 Å². The summed E-state index contributed by atoms with van der Waals surface area (Å²) in [5.74, 6) is 1.43. The Morgan fingerprint density at radius 2 is 1.91 bits per heavy atom. The van der Waals surface area contributed by atoms with Gasteiger partial charge in [-0.2, -0.15) is 4.98 Å². The van der Waals surface area contributed by atoms with E-state index in [9.17, 15) is 4.39 Å². The highest BCUT2D eigenvalue weighted by molar-refractivity contribution is 5.41. The predicted molar refractivity (Wildman–Crippen MR) is 86.7 cm³/mol. The van der Waals surface area contributed by atoms with Gasteiger partial charge in [-0.05, 0) is 43.4 Å². The number of hydrogen-bond acceptors (Lipinski definition) is 4. The molecule has 3 rings (SSSR count). The summed E-state index contributed by atoms with van der Waals surface area (Å²) in [5, 5.41) is 3.26. The van der Waals surface area contributed by atoms with Crippen LogP contribution in [0.1, 0.15) is 24.8 Å². The van der Waals surface area contributed by atoms with Crippen molar-refractivity contribution >= 4 is 11.8 Å². The number of halogens is 1. The molecule has 1 aromatic carbocycles. The number of hydrogen-bond donors (Lipinski definition) is 1. The first-order valence-corrected chi connectivity index (χ1v) is 7.88. The van der Waals surface area contributed by atoms with Crippen LogP contribution in [0.4, 0.5) is 16.2 Å². The SMILES string of the molecule is Fc1ccccc1CCNc1ccnc(N2CCCCC2)n1. The van der Waals surface area contributed by atoms with Crippen molar-refractivity contribution in [3.05, 3.63) is 47.9 Å². The van der Waals surface area contributed by atoms with E-state index < -0.39 is 0 Å². The Labute approximate surface area is 130 Å². The maximum atomic E-state index is 13.6. The van der Waals surface area contributed by atoms with Crippen LogP contribution in [0.5, 0.6) is 0 Å². The molecule has 1 saturated heterocycles. The molecule has 4 nitrogen and oxygen atoms in total. The molecule has 1 aromatic heterocycles. The summed E-state index contributed by atoms with van der Waals surface area (Å²) in [4.78, 5) is 11.1. The summed E-state index contributed by atoms with van der Waals surface area (Å²) in [7, 11) is 0. The lowest BCUT2D eigenvalue weighted by Crippen LogP contribution is -2.31. The van der Waals surface area contributed by atoms with Gasteiger partial charge in [0.1, 0.15) is 11.6 Å². The molecule has 22 heavy (non-hydrogen) atoms. The summed E-state index contributed by atoms with van der Waals surface area (Å²) < 4.78 is 13.6. The third-order valence-corrected chi connectivity index (χ3v) is 3.94. The first-order valence-electron chi connectivity index (χ1n) is 7.88. The van der Waals surface area contributed by atoms with E-state index in [2.05, 4.69) is 20.2 Å². The van der Waals surface area contributed by atoms with Gasteiger partial charge in [-0.1, -0.05) is 18.2 Å². The van der Waals surface area contributed by atoms with E-state index in [1.54, 1.807) is 12.3 Å². The minimum absolute atomic E-state index is 0.152. The van der Waals surface area contributed by atoms with Gasteiger partial charge in [-0.25, -0.2) is 9.37 Å². The predicted octanol–water partition coefficient (Wildman–Crippen LogP) is 3.26. The first-order chi connectivity index (χ1) is 10.8. The van der Waals surface area contributed by atoms with Crippen LogP contribution in [0.25, 0.3) is 0 Å². The molecule has 0 amide bonds. The molecular weight excluding hydrogens is 279 g/mol. The van der Waals surface area contributed by atoms with E-state index in [0.29, 0.717) is 13.0 Å². The largest absolute Gasteiger partial charge is 0.370 e. The lowest BCUT2D eigenvalue weighted by atomic mass is 10.1. The quantitative estimate of drug-likeness (QED) is 0.920. The maximum Gasteiger partial charge on any atom is 0.227 e. The van der Waals surface area contributed by atoms with Gasteiger partial charge >= 0.3 is 0 Å². The molecule has 0 unspecified atom stereocenters. The fourth-order valence-corrected chi connectivity index (χ4v) is 2.72. The van der Waals surface area contributed by atoms with Gasteiger partial charge < -0.3 is 10.2 Å². The second kappa shape index (κ2) is 7.20. The fraction of sp³-hybridized carbons (Fsp3) is 0.412. The Morgan fingerprint density at radius 1 is 1.09 bits per heavy atom. The van der Waals surface area contributed by atoms with Crippen LogP contribution in [0.3, 0.4) is 0 Å². The maximum absolute atomic E-state index is 13.6. The number of aromatic nitrogens is 2. The van der Waals surface area contributed by atoms with Gasteiger partial charge in [0.25, 0.3) is 0 Å². The molecule has 0 radical (unpaired) electrons. The molecule has 0 saturated carbocycles. The van der Waals surface area contributed by atoms with Crippen molar-refractivity contribution in [2.75, 3.05) is 29.9 Å². The van der Waals surface area contributed by atoms with Gasteiger partial charge in [0.15, 0.2) is 0 Å². The molecule has 116 valence electrons. The zero-order valence-corrected chi connectivity index (χ0v) is 12.6. The second-order valence-electron chi connectivity index (χ2n) is 5.56. The van der Waals surface area contributed by atoms with Gasteiger partial charge in [-0.3, -0.25) is 0 Å². The molecule has 0 atom stereocenters. The number of piperidine rings is 1. The molecule has 0 aliphatic carbocycles. The smallest absolute Gasteiger partial charge is 0.227 e. The number of rotatable bonds is 5. The lowest BCUT2D eigenvalue weighted by Gasteiger charge is -2.26. The number of anilines is 2. The minimum Gasteiger partial charge on any atom is -0.370 e. The molecule has 1 fully saturated rings. The Morgan fingerprint density at radius 3 is 2.73 bits per heavy atom. The highest BCUT2D eigenvalue weighted by Gasteiger charge is 2.13. The van der Waals surface area contributed by atoms with Crippen molar-refractivity contribution in [3.8, 4) is 0 Å². The van der Waals surface area contributed by atoms with E-state index in [4.69, 9.17) is 0 Å². The molecule has 5 heteroatoms. The van der Waals surface area contributed by atoms with E-state index in [0.717, 1.165) is 30.4 Å². The molecule has 0 bridgehead atoms. The van der Waals surface area contributed by atoms with Crippen molar-refractivity contribution in [2.24, 2.45) is 0 Å². The lowest BCUT2D eigenvalue weighted by molar-refractivity contribution is 0.568. The van der Waals surface area contributed by atoms with E-state index in [1.807, 2.05) is 18.2 Å². The molecule has 2 aromatic rings. The summed E-state index contributed by atoms with van der Waals surface area (Å²) in [6.07, 6.45) is 6.11. The summed E-state index contributed by atoms with van der Waals surface area (Å²) in [6, 6.07) is 8.73. The summed E-state index contributed by atoms with van der Waals surface area (Å²) in [6.45, 7) is 2.70. The monoisotopic (exact) mass is 300 g/mol. The Balaban J connectivity index is 1.57. The highest BCUT2D eigenvalue weighted by Crippen LogP contribution is 2.17. The molecule has 0 spiro atoms. The summed E-state index contributed by atoms with van der Waals surface area (Å²) >= 11 is 0. The van der Waals surface area contributed by atoms with Crippen molar-refractivity contribution < 1.29 is 4.39 Å². The van der Waals surface area contributed by atoms with Crippen LogP contribution >= 0.6 is 0 Å². The van der Waals surface area contributed by atoms with Crippen LogP contribution in [0.15, 0.2) is 36.5 Å². The summed E-state index contributed by atoms with van der Waals surface area (Å²) in [5.41, 5.74) is 0.723. The third kappa shape index (κ3) is 3.72. The van der Waals surface area contributed by atoms with Crippen LogP contribution in [0.2, 0.25) is 0 Å². The van der Waals surface area contributed by atoms with Crippen LogP contribution in [0, 0.1) is 5.82 Å². The van der Waals surface area contributed by atoms with Gasteiger partial charge in [0.2, 0.25) is 5.95 Å². The first kappa shape index (κ1) is 14.8. The fourth-order valence-electron chi connectivity index (χ4n) is 2.72. The Kier molecular flexibility index (Phi) is 4.83. The van der Waals surface area contributed by atoms with Crippen molar-refractivity contribution in [2.45, 2.75) is 25.7 Å². The topological polar surface area (TPSA) is 41.1 Å². The molecule has 1 aliphatic rings. The number of nitrogens with one attached hydrogen (secondary N) is 1. The van der Waals surface area contributed by atoms with Crippen molar-refractivity contribution in [1.82, 2.24) is 9.97 Å². The zero-order chi connectivity index (χ0) is 15.2. The van der Waals surface area contributed by atoms with E-state index in [1.165, 1.54) is 25.3 Å². The number of nitrogens with zero attached hydrogens (tertiary/aromatic N) is 3. The van der Waals surface area contributed by atoms with E-state index in [-0.39, 0.29) is 5.82 Å². The number of benzene rings is 1. The Bertz CT molecular complexity index is 611. The van der Waals surface area contributed by atoms with Crippen molar-refractivity contribution in [1.29, 1.82) is 0 Å². The van der Waals surface area contributed by atoms with Gasteiger partial charge in [-0.15, -0.1) is 0 Å². The van der Waals surface area contributed by atoms with Crippen LogP contribution in [-0.2, 0) is 6.42 Å². The van der Waals surface area contributed by atoms with Gasteiger partial charge in [0, 0.05) is 25.8 Å². The Hall–Kier alpha value is -2.17.